The van der Waals surface area contributed by atoms with E-state index in [0.717, 1.165) is 19.5 Å². The Morgan fingerprint density at radius 3 is 2.62 bits per heavy atom. The van der Waals surface area contributed by atoms with Gasteiger partial charge in [-0.25, -0.2) is 0 Å². The van der Waals surface area contributed by atoms with Gasteiger partial charge >= 0.3 is 0 Å². The standard InChI is InChI=1S/C20H23N3O3/c1-14(24)21-17-7-8-19(26-2)18(11-17)22-20(25)13-23-10-9-15-5-3-4-6-16(15)12-23/h3-8,11H,9-10,12-13H2,1-2H3,(H,21,24)(H,22,25)/p+1. The first-order valence-electron chi connectivity index (χ1n) is 8.71. The number of ether oxygens (including phenoxy) is 1. The SMILES string of the molecule is COc1ccc(NC(C)=O)cc1NC(=O)C[NH+]1CCc2ccccc2C1. The second kappa shape index (κ2) is 8.01. The van der Waals surface area contributed by atoms with E-state index in [2.05, 4.69) is 28.8 Å². The number of anilines is 2. The van der Waals surface area contributed by atoms with Gasteiger partial charge in [-0.3, -0.25) is 9.59 Å². The second-order valence-corrected chi connectivity index (χ2v) is 6.52. The first-order chi connectivity index (χ1) is 12.5. The van der Waals surface area contributed by atoms with E-state index in [0.29, 0.717) is 23.7 Å². The summed E-state index contributed by atoms with van der Waals surface area (Å²) < 4.78 is 5.31. The number of hydrogen-bond acceptors (Lipinski definition) is 3. The van der Waals surface area contributed by atoms with Crippen molar-refractivity contribution in [1.29, 1.82) is 0 Å². The van der Waals surface area contributed by atoms with Crippen LogP contribution in [-0.4, -0.2) is 32.0 Å². The lowest BCUT2D eigenvalue weighted by Gasteiger charge is -2.25. The fourth-order valence-corrected chi connectivity index (χ4v) is 3.30. The third-order valence-electron chi connectivity index (χ3n) is 4.51. The van der Waals surface area contributed by atoms with Gasteiger partial charge in [0, 0.05) is 24.6 Å². The Balaban J connectivity index is 1.65. The minimum absolute atomic E-state index is 0.0716. The van der Waals surface area contributed by atoms with Gasteiger partial charge in [-0.1, -0.05) is 24.3 Å². The summed E-state index contributed by atoms with van der Waals surface area (Å²) in [7, 11) is 1.55. The summed E-state index contributed by atoms with van der Waals surface area (Å²) in [6.45, 7) is 3.63. The van der Waals surface area contributed by atoms with Crippen molar-refractivity contribution in [2.24, 2.45) is 0 Å². The first kappa shape index (κ1) is 17.9. The average Bonchev–Trinajstić information content (AvgIpc) is 2.61. The van der Waals surface area contributed by atoms with Gasteiger partial charge in [-0.05, 0) is 23.8 Å². The predicted molar refractivity (Wildman–Crippen MR) is 100 cm³/mol. The molecule has 0 saturated carbocycles. The highest BCUT2D eigenvalue weighted by Gasteiger charge is 2.22. The number of benzene rings is 2. The van der Waals surface area contributed by atoms with E-state index < -0.39 is 0 Å². The molecular formula is C20H24N3O3+. The van der Waals surface area contributed by atoms with Crippen molar-refractivity contribution in [2.45, 2.75) is 19.9 Å². The van der Waals surface area contributed by atoms with Gasteiger partial charge in [-0.15, -0.1) is 0 Å². The lowest BCUT2D eigenvalue weighted by Crippen LogP contribution is -3.12. The van der Waals surface area contributed by atoms with Crippen LogP contribution in [0.5, 0.6) is 5.75 Å². The molecule has 0 radical (unpaired) electrons. The van der Waals surface area contributed by atoms with Crippen molar-refractivity contribution in [2.75, 3.05) is 30.8 Å². The quantitative estimate of drug-likeness (QED) is 0.756. The minimum Gasteiger partial charge on any atom is -0.495 e. The zero-order chi connectivity index (χ0) is 18.5. The van der Waals surface area contributed by atoms with Gasteiger partial charge in [-0.2, -0.15) is 0 Å². The fourth-order valence-electron chi connectivity index (χ4n) is 3.30. The first-order valence-corrected chi connectivity index (χ1v) is 8.71. The molecular weight excluding hydrogens is 330 g/mol. The van der Waals surface area contributed by atoms with Crippen LogP contribution in [0.2, 0.25) is 0 Å². The maximum absolute atomic E-state index is 12.5. The lowest BCUT2D eigenvalue weighted by atomic mass is 10.00. The molecule has 1 aliphatic rings. The maximum atomic E-state index is 12.5. The van der Waals surface area contributed by atoms with Gasteiger partial charge in [0.15, 0.2) is 6.54 Å². The molecule has 2 aromatic carbocycles. The summed E-state index contributed by atoms with van der Waals surface area (Å²) in [6.07, 6.45) is 0.986. The Morgan fingerprint density at radius 2 is 1.88 bits per heavy atom. The number of methoxy groups -OCH3 is 1. The predicted octanol–water partition coefficient (Wildman–Crippen LogP) is 1.23. The summed E-state index contributed by atoms with van der Waals surface area (Å²) in [6, 6.07) is 13.6. The Labute approximate surface area is 153 Å². The van der Waals surface area contributed by atoms with Crippen LogP contribution in [0.25, 0.3) is 0 Å². The van der Waals surface area contributed by atoms with Crippen LogP contribution in [0.1, 0.15) is 18.1 Å². The van der Waals surface area contributed by atoms with Crippen LogP contribution < -0.4 is 20.3 Å². The molecule has 0 aliphatic carbocycles. The maximum Gasteiger partial charge on any atom is 0.279 e. The summed E-state index contributed by atoms with van der Waals surface area (Å²) in [5, 5.41) is 5.62. The highest BCUT2D eigenvalue weighted by molar-refractivity contribution is 5.95. The molecule has 2 amide bonds. The molecule has 1 atom stereocenters. The van der Waals surface area contributed by atoms with Crippen LogP contribution in [0, 0.1) is 0 Å². The molecule has 0 spiro atoms. The number of rotatable bonds is 5. The van der Waals surface area contributed by atoms with Crippen molar-refractivity contribution in [3.63, 3.8) is 0 Å². The molecule has 3 N–H and O–H groups in total. The summed E-state index contributed by atoms with van der Waals surface area (Å²) >= 11 is 0. The second-order valence-electron chi connectivity index (χ2n) is 6.52. The number of quaternary nitrogens is 1. The number of carbonyl (C=O) groups excluding carboxylic acids is 2. The van der Waals surface area contributed by atoms with E-state index >= 15 is 0 Å². The number of carbonyl (C=O) groups is 2. The fraction of sp³-hybridized carbons (Fsp3) is 0.300. The molecule has 6 nitrogen and oxygen atoms in total. The molecule has 2 aromatic rings. The molecule has 0 saturated heterocycles. The van der Waals surface area contributed by atoms with Gasteiger partial charge in [0.25, 0.3) is 5.91 Å². The van der Waals surface area contributed by atoms with E-state index in [-0.39, 0.29) is 11.8 Å². The number of fused-ring (bicyclic) bond motifs is 1. The van der Waals surface area contributed by atoms with Crippen molar-refractivity contribution < 1.29 is 19.2 Å². The summed E-state index contributed by atoms with van der Waals surface area (Å²) in [4.78, 5) is 25.0. The normalized spacial score (nSPS) is 15.7. The molecule has 3 rings (SSSR count). The van der Waals surface area contributed by atoms with Crippen molar-refractivity contribution >= 4 is 23.2 Å². The molecule has 0 bridgehead atoms. The van der Waals surface area contributed by atoms with Crippen molar-refractivity contribution in [3.8, 4) is 5.75 Å². The van der Waals surface area contributed by atoms with Gasteiger partial charge in [0.1, 0.15) is 12.3 Å². The highest BCUT2D eigenvalue weighted by atomic mass is 16.5. The van der Waals surface area contributed by atoms with Crippen LogP contribution in [0.3, 0.4) is 0 Å². The Bertz CT molecular complexity index is 820. The van der Waals surface area contributed by atoms with Crippen molar-refractivity contribution in [3.05, 3.63) is 53.6 Å². The third-order valence-corrected chi connectivity index (χ3v) is 4.51. The lowest BCUT2D eigenvalue weighted by molar-refractivity contribution is -0.907. The molecule has 136 valence electrons. The molecule has 26 heavy (non-hydrogen) atoms. The summed E-state index contributed by atoms with van der Waals surface area (Å²) in [5.41, 5.74) is 3.86. The summed E-state index contributed by atoms with van der Waals surface area (Å²) in [5.74, 6) is 0.327. The highest BCUT2D eigenvalue weighted by Crippen LogP contribution is 2.27. The average molecular weight is 354 g/mol. The Hall–Kier alpha value is -2.86. The molecule has 1 heterocycles. The Morgan fingerprint density at radius 1 is 1.12 bits per heavy atom. The van der Waals surface area contributed by atoms with E-state index in [1.807, 2.05) is 6.07 Å². The smallest absolute Gasteiger partial charge is 0.279 e. The van der Waals surface area contributed by atoms with Gasteiger partial charge in [0.05, 0.1) is 19.3 Å². The van der Waals surface area contributed by atoms with Crippen LogP contribution >= 0.6 is 0 Å². The zero-order valence-corrected chi connectivity index (χ0v) is 15.1. The Kier molecular flexibility index (Phi) is 5.53. The monoisotopic (exact) mass is 354 g/mol. The van der Waals surface area contributed by atoms with E-state index in [9.17, 15) is 9.59 Å². The van der Waals surface area contributed by atoms with Gasteiger partial charge < -0.3 is 20.3 Å². The molecule has 1 unspecified atom stereocenters. The van der Waals surface area contributed by atoms with Crippen LogP contribution in [-0.2, 0) is 22.6 Å². The molecule has 6 heteroatoms. The number of nitrogens with one attached hydrogen (secondary N) is 3. The van der Waals surface area contributed by atoms with Gasteiger partial charge in [0.2, 0.25) is 5.91 Å². The largest absolute Gasteiger partial charge is 0.495 e. The third kappa shape index (κ3) is 4.40. The number of amides is 2. The van der Waals surface area contributed by atoms with E-state index in [4.69, 9.17) is 4.74 Å². The topological polar surface area (TPSA) is 71.9 Å². The number of hydrogen-bond donors (Lipinski definition) is 3. The van der Waals surface area contributed by atoms with Crippen LogP contribution in [0.15, 0.2) is 42.5 Å². The minimum atomic E-state index is -0.163. The van der Waals surface area contributed by atoms with Crippen molar-refractivity contribution in [1.82, 2.24) is 0 Å². The van der Waals surface area contributed by atoms with E-state index in [1.165, 1.54) is 23.0 Å². The van der Waals surface area contributed by atoms with Crippen LogP contribution in [0.4, 0.5) is 11.4 Å². The molecule has 1 aliphatic heterocycles. The molecule has 0 aromatic heterocycles. The zero-order valence-electron chi connectivity index (χ0n) is 15.1. The molecule has 0 fully saturated rings. The van der Waals surface area contributed by atoms with E-state index in [1.54, 1.807) is 25.3 Å².